The minimum Gasteiger partial charge on any atom is -0.351 e. The first kappa shape index (κ1) is 19.4. The first-order valence-electron chi connectivity index (χ1n) is 8.80. The zero-order valence-electron chi connectivity index (χ0n) is 15.3. The maximum Gasteiger partial charge on any atom is 0.239 e. The molecule has 0 aliphatic rings. The highest BCUT2D eigenvalue weighted by molar-refractivity contribution is 5.84. The molecule has 0 heterocycles. The highest BCUT2D eigenvalue weighted by atomic mass is 16.7. The van der Waals surface area contributed by atoms with Crippen LogP contribution in [0, 0.1) is 0 Å². The summed E-state index contributed by atoms with van der Waals surface area (Å²) in [5.74, 6) is -0.113. The van der Waals surface area contributed by atoms with Gasteiger partial charge in [0.2, 0.25) is 5.91 Å². The van der Waals surface area contributed by atoms with Gasteiger partial charge in [0.1, 0.15) is 0 Å². The Hall–Kier alpha value is -1.95. The van der Waals surface area contributed by atoms with Crippen molar-refractivity contribution in [1.29, 1.82) is 0 Å². The number of carbonyl (C=O) groups is 1. The molecule has 0 aliphatic carbocycles. The molecule has 5 nitrogen and oxygen atoms in total. The molecule has 136 valence electrons. The highest BCUT2D eigenvalue weighted by Crippen LogP contribution is 2.17. The third-order valence-electron chi connectivity index (χ3n) is 3.96. The standard InChI is InChI=1S/C20H28N2O3/c1-4-24-19(25-5-2)14-22(20(23)15(3)21)13-16-10-11-17-8-6-7-9-18(17)12-16/h6-12,15,19H,4-5,13-14,21H2,1-3H3/t15-/m0/s1. The van der Waals surface area contributed by atoms with Crippen molar-refractivity contribution in [3.63, 3.8) is 0 Å². The van der Waals surface area contributed by atoms with E-state index in [-0.39, 0.29) is 5.91 Å². The Bertz CT molecular complexity index is 681. The Morgan fingerprint density at radius 3 is 2.32 bits per heavy atom. The summed E-state index contributed by atoms with van der Waals surface area (Å²) in [7, 11) is 0. The van der Waals surface area contributed by atoms with Crippen LogP contribution in [0.4, 0.5) is 0 Å². The van der Waals surface area contributed by atoms with Crippen molar-refractivity contribution in [1.82, 2.24) is 4.90 Å². The normalized spacial score (nSPS) is 12.5. The van der Waals surface area contributed by atoms with Crippen LogP contribution < -0.4 is 5.73 Å². The summed E-state index contributed by atoms with van der Waals surface area (Å²) < 4.78 is 11.2. The van der Waals surface area contributed by atoms with Crippen LogP contribution in [-0.4, -0.2) is 42.9 Å². The Morgan fingerprint density at radius 2 is 1.72 bits per heavy atom. The molecule has 0 fully saturated rings. The largest absolute Gasteiger partial charge is 0.351 e. The third kappa shape index (κ3) is 5.53. The van der Waals surface area contributed by atoms with Gasteiger partial charge in [-0.1, -0.05) is 36.4 Å². The number of amides is 1. The summed E-state index contributed by atoms with van der Waals surface area (Å²) in [6, 6.07) is 13.8. The number of hydrogen-bond acceptors (Lipinski definition) is 4. The molecule has 2 N–H and O–H groups in total. The lowest BCUT2D eigenvalue weighted by Crippen LogP contribution is -2.46. The van der Waals surface area contributed by atoms with Crippen LogP contribution >= 0.6 is 0 Å². The molecule has 2 rings (SSSR count). The third-order valence-corrected chi connectivity index (χ3v) is 3.96. The number of benzene rings is 2. The summed E-state index contributed by atoms with van der Waals surface area (Å²) in [6.07, 6.45) is -0.446. The molecule has 0 spiro atoms. The van der Waals surface area contributed by atoms with Crippen molar-refractivity contribution in [2.75, 3.05) is 19.8 Å². The maximum atomic E-state index is 12.5. The number of rotatable bonds is 9. The van der Waals surface area contributed by atoms with Crippen LogP contribution in [0.2, 0.25) is 0 Å². The molecule has 0 unspecified atom stereocenters. The summed E-state index contributed by atoms with van der Waals surface area (Å²) in [5.41, 5.74) is 6.89. The van der Waals surface area contributed by atoms with Crippen molar-refractivity contribution < 1.29 is 14.3 Å². The Balaban J connectivity index is 2.20. The van der Waals surface area contributed by atoms with Gasteiger partial charge >= 0.3 is 0 Å². The van der Waals surface area contributed by atoms with Crippen LogP contribution in [0.1, 0.15) is 26.3 Å². The Kier molecular flexibility index (Phi) is 7.37. The topological polar surface area (TPSA) is 64.8 Å². The second-order valence-electron chi connectivity index (χ2n) is 6.03. The molecule has 0 radical (unpaired) electrons. The molecule has 2 aromatic carbocycles. The molecule has 0 aromatic heterocycles. The van der Waals surface area contributed by atoms with Gasteiger partial charge in [-0.05, 0) is 43.2 Å². The Morgan fingerprint density at radius 1 is 1.08 bits per heavy atom. The van der Waals surface area contributed by atoms with Crippen molar-refractivity contribution in [2.45, 2.75) is 39.6 Å². The van der Waals surface area contributed by atoms with E-state index in [4.69, 9.17) is 15.2 Å². The van der Waals surface area contributed by atoms with E-state index < -0.39 is 12.3 Å². The lowest BCUT2D eigenvalue weighted by Gasteiger charge is -2.29. The lowest BCUT2D eigenvalue weighted by atomic mass is 10.1. The van der Waals surface area contributed by atoms with E-state index in [1.54, 1.807) is 11.8 Å². The van der Waals surface area contributed by atoms with E-state index in [1.807, 2.05) is 32.0 Å². The van der Waals surface area contributed by atoms with Gasteiger partial charge < -0.3 is 20.1 Å². The lowest BCUT2D eigenvalue weighted by molar-refractivity contribution is -0.160. The van der Waals surface area contributed by atoms with E-state index in [0.717, 1.165) is 10.9 Å². The molecule has 0 bridgehead atoms. The van der Waals surface area contributed by atoms with E-state index in [0.29, 0.717) is 26.3 Å². The fraction of sp³-hybridized carbons (Fsp3) is 0.450. The second kappa shape index (κ2) is 9.51. The molecular weight excluding hydrogens is 316 g/mol. The van der Waals surface area contributed by atoms with Gasteiger partial charge in [0.25, 0.3) is 0 Å². The molecule has 0 aliphatic heterocycles. The van der Waals surface area contributed by atoms with Gasteiger partial charge in [-0.2, -0.15) is 0 Å². The van der Waals surface area contributed by atoms with Crippen molar-refractivity contribution in [3.05, 3.63) is 48.0 Å². The molecule has 1 amide bonds. The molecule has 25 heavy (non-hydrogen) atoms. The molecule has 1 atom stereocenters. The van der Waals surface area contributed by atoms with Gasteiger partial charge in [-0.15, -0.1) is 0 Å². The fourth-order valence-electron chi connectivity index (χ4n) is 2.78. The number of fused-ring (bicyclic) bond motifs is 1. The van der Waals surface area contributed by atoms with E-state index in [1.165, 1.54) is 5.39 Å². The van der Waals surface area contributed by atoms with Gasteiger partial charge in [0.15, 0.2) is 6.29 Å². The van der Waals surface area contributed by atoms with Gasteiger partial charge in [0.05, 0.1) is 12.6 Å². The van der Waals surface area contributed by atoms with E-state index in [9.17, 15) is 4.79 Å². The summed E-state index contributed by atoms with van der Waals surface area (Å²) >= 11 is 0. The predicted octanol–water partition coefficient (Wildman–Crippen LogP) is 2.91. The zero-order valence-corrected chi connectivity index (χ0v) is 15.3. The number of carbonyl (C=O) groups excluding carboxylic acids is 1. The minimum absolute atomic E-state index is 0.113. The van der Waals surface area contributed by atoms with Crippen LogP contribution in [0.5, 0.6) is 0 Å². The number of hydrogen-bond donors (Lipinski definition) is 1. The van der Waals surface area contributed by atoms with Crippen molar-refractivity contribution >= 4 is 16.7 Å². The fourth-order valence-corrected chi connectivity index (χ4v) is 2.78. The van der Waals surface area contributed by atoms with Crippen LogP contribution in [0.15, 0.2) is 42.5 Å². The monoisotopic (exact) mass is 344 g/mol. The maximum absolute atomic E-state index is 12.5. The number of nitrogens with two attached hydrogens (primary N) is 1. The number of nitrogens with zero attached hydrogens (tertiary/aromatic N) is 1. The first-order valence-corrected chi connectivity index (χ1v) is 8.80. The van der Waals surface area contributed by atoms with Crippen molar-refractivity contribution in [2.24, 2.45) is 5.73 Å². The van der Waals surface area contributed by atoms with Gasteiger partial charge in [-0.3, -0.25) is 4.79 Å². The SMILES string of the molecule is CCOC(CN(Cc1ccc2ccccc2c1)C(=O)[C@H](C)N)OCC. The average Bonchev–Trinajstić information content (AvgIpc) is 2.60. The molecule has 0 saturated heterocycles. The quantitative estimate of drug-likeness (QED) is 0.711. The summed E-state index contributed by atoms with van der Waals surface area (Å²) in [4.78, 5) is 14.3. The first-order chi connectivity index (χ1) is 12.0. The second-order valence-corrected chi connectivity index (χ2v) is 6.03. The molecule has 2 aromatic rings. The van der Waals surface area contributed by atoms with Gasteiger partial charge in [0, 0.05) is 19.8 Å². The summed E-state index contributed by atoms with van der Waals surface area (Å²) in [6.45, 7) is 7.41. The molecular formula is C20H28N2O3. The molecule has 5 heteroatoms. The predicted molar refractivity (Wildman–Crippen MR) is 100 cm³/mol. The van der Waals surface area contributed by atoms with E-state index in [2.05, 4.69) is 24.3 Å². The minimum atomic E-state index is -0.565. The van der Waals surface area contributed by atoms with Crippen molar-refractivity contribution in [3.8, 4) is 0 Å². The average molecular weight is 344 g/mol. The molecule has 0 saturated carbocycles. The van der Waals surface area contributed by atoms with Crippen LogP contribution in [-0.2, 0) is 20.8 Å². The highest BCUT2D eigenvalue weighted by Gasteiger charge is 2.22. The zero-order chi connectivity index (χ0) is 18.2. The van der Waals surface area contributed by atoms with Crippen LogP contribution in [0.25, 0.3) is 10.8 Å². The van der Waals surface area contributed by atoms with Gasteiger partial charge in [-0.25, -0.2) is 0 Å². The Labute approximate surface area is 149 Å². The number of ether oxygens (including phenoxy) is 2. The van der Waals surface area contributed by atoms with Crippen LogP contribution in [0.3, 0.4) is 0 Å². The summed E-state index contributed by atoms with van der Waals surface area (Å²) in [5, 5.41) is 2.33. The smallest absolute Gasteiger partial charge is 0.239 e. The van der Waals surface area contributed by atoms with E-state index >= 15 is 0 Å².